The number of benzene rings is 1. The number of hydrogen-bond donors (Lipinski definition) is 2. The van der Waals surface area contributed by atoms with Crippen molar-refractivity contribution >= 4 is 23.8 Å². The molecule has 0 spiro atoms. The van der Waals surface area contributed by atoms with E-state index in [4.69, 9.17) is 9.47 Å². The maximum atomic E-state index is 13.5. The zero-order chi connectivity index (χ0) is 26.9. The first-order valence-corrected chi connectivity index (χ1v) is 12.0. The van der Waals surface area contributed by atoms with E-state index in [9.17, 15) is 19.2 Å². The van der Waals surface area contributed by atoms with Crippen LogP contribution in [0.5, 0.6) is 5.75 Å². The van der Waals surface area contributed by atoms with E-state index in [1.165, 1.54) is 23.1 Å². The molecule has 1 aliphatic rings. The summed E-state index contributed by atoms with van der Waals surface area (Å²) in [5.41, 5.74) is 1.16. The Labute approximate surface area is 216 Å². The fourth-order valence-corrected chi connectivity index (χ4v) is 4.04. The van der Waals surface area contributed by atoms with Crippen molar-refractivity contribution in [3.63, 3.8) is 0 Å². The summed E-state index contributed by atoms with van der Waals surface area (Å²) < 4.78 is 10.1. The van der Waals surface area contributed by atoms with Gasteiger partial charge >= 0.3 is 12.0 Å². The van der Waals surface area contributed by atoms with Crippen LogP contribution in [0, 0.1) is 0 Å². The lowest BCUT2D eigenvalue weighted by Crippen LogP contribution is -2.64. The summed E-state index contributed by atoms with van der Waals surface area (Å²) in [6.07, 6.45) is 3.19. The van der Waals surface area contributed by atoms with Crippen molar-refractivity contribution < 1.29 is 28.7 Å². The molecule has 0 aliphatic carbocycles. The number of nitrogens with zero attached hydrogens (tertiary/aromatic N) is 3. The minimum atomic E-state index is -1.02. The Kier molecular flexibility index (Phi) is 9.42. The Morgan fingerprint density at radius 2 is 1.78 bits per heavy atom. The van der Waals surface area contributed by atoms with Crippen LogP contribution in [0.25, 0.3) is 0 Å². The van der Waals surface area contributed by atoms with Crippen molar-refractivity contribution in [2.45, 2.75) is 38.4 Å². The van der Waals surface area contributed by atoms with Gasteiger partial charge in [-0.3, -0.25) is 14.6 Å². The predicted molar refractivity (Wildman–Crippen MR) is 135 cm³/mol. The highest BCUT2D eigenvalue weighted by Gasteiger charge is 2.39. The largest absolute Gasteiger partial charge is 0.497 e. The average Bonchev–Trinajstić information content (AvgIpc) is 2.91. The van der Waals surface area contributed by atoms with Crippen LogP contribution >= 0.6 is 0 Å². The number of carbonyl (C=O) groups excluding carboxylic acids is 4. The first kappa shape index (κ1) is 27.4. The molecular weight excluding hydrogens is 478 g/mol. The van der Waals surface area contributed by atoms with E-state index in [0.29, 0.717) is 11.3 Å². The zero-order valence-corrected chi connectivity index (χ0v) is 21.5. The topological polar surface area (TPSA) is 130 Å². The van der Waals surface area contributed by atoms with Gasteiger partial charge in [-0.1, -0.05) is 12.1 Å². The summed E-state index contributed by atoms with van der Waals surface area (Å²) in [6.45, 7) is 3.98. The molecule has 0 unspecified atom stereocenters. The van der Waals surface area contributed by atoms with Crippen LogP contribution in [-0.4, -0.2) is 90.6 Å². The molecule has 37 heavy (non-hydrogen) atoms. The first-order valence-electron chi connectivity index (χ1n) is 12.0. The van der Waals surface area contributed by atoms with Crippen molar-refractivity contribution in [2.24, 2.45) is 0 Å². The summed E-state index contributed by atoms with van der Waals surface area (Å²) in [7, 11) is 2.80. The maximum absolute atomic E-state index is 13.5. The van der Waals surface area contributed by atoms with Crippen LogP contribution in [0.3, 0.4) is 0 Å². The average molecular weight is 512 g/mol. The SMILES string of the molecule is COC(=O)[C@H](Cc1ccc(OC)cc1)NC(=O)[C@H]1CN(C(=O)c2cccnc2)CCN1C(=O)NC(C)C. The molecule has 2 heterocycles. The normalized spacial score (nSPS) is 16.1. The molecule has 4 amide bonds. The second-order valence-electron chi connectivity index (χ2n) is 8.94. The molecule has 2 atom stereocenters. The molecular formula is C26H33N5O6. The van der Waals surface area contributed by atoms with Gasteiger partial charge in [0.05, 0.1) is 26.3 Å². The van der Waals surface area contributed by atoms with E-state index in [1.807, 2.05) is 13.8 Å². The summed E-state index contributed by atoms with van der Waals surface area (Å²) in [5, 5.41) is 5.54. The fourth-order valence-electron chi connectivity index (χ4n) is 4.04. The minimum Gasteiger partial charge on any atom is -0.497 e. The van der Waals surface area contributed by atoms with Crippen LogP contribution in [0.4, 0.5) is 4.79 Å². The van der Waals surface area contributed by atoms with Crippen LogP contribution in [-0.2, 0) is 20.7 Å². The van der Waals surface area contributed by atoms with E-state index in [-0.39, 0.29) is 38.0 Å². The van der Waals surface area contributed by atoms with Crippen molar-refractivity contribution in [1.82, 2.24) is 25.4 Å². The van der Waals surface area contributed by atoms with Crippen LogP contribution in [0.1, 0.15) is 29.8 Å². The standard InChI is InChI=1S/C26H33N5O6/c1-17(2)28-26(35)31-13-12-30(24(33)19-6-5-11-27-15-19)16-22(31)23(32)29-21(25(34)37-4)14-18-7-9-20(36-3)10-8-18/h5-11,15,17,21-22H,12-14,16H2,1-4H3,(H,28,35)(H,29,32)/t21-,22+/m0/s1. The third kappa shape index (κ3) is 7.18. The van der Waals surface area contributed by atoms with E-state index in [1.54, 1.807) is 49.7 Å². The van der Waals surface area contributed by atoms with E-state index >= 15 is 0 Å². The molecule has 1 saturated heterocycles. The summed E-state index contributed by atoms with van der Waals surface area (Å²) >= 11 is 0. The number of methoxy groups -OCH3 is 2. The van der Waals surface area contributed by atoms with E-state index < -0.39 is 30.0 Å². The van der Waals surface area contributed by atoms with Gasteiger partial charge in [0.15, 0.2) is 0 Å². The molecule has 11 nitrogen and oxygen atoms in total. The third-order valence-corrected chi connectivity index (χ3v) is 5.95. The maximum Gasteiger partial charge on any atom is 0.328 e. The third-order valence-electron chi connectivity index (χ3n) is 5.95. The lowest BCUT2D eigenvalue weighted by atomic mass is 10.0. The molecule has 0 bridgehead atoms. The van der Waals surface area contributed by atoms with Crippen LogP contribution in [0.2, 0.25) is 0 Å². The number of piperazine rings is 1. The van der Waals surface area contributed by atoms with Gasteiger partial charge in [-0.25, -0.2) is 9.59 Å². The zero-order valence-electron chi connectivity index (χ0n) is 21.5. The van der Waals surface area contributed by atoms with Crippen molar-refractivity contribution in [3.8, 4) is 5.75 Å². The number of nitrogens with one attached hydrogen (secondary N) is 2. The van der Waals surface area contributed by atoms with Crippen LogP contribution in [0.15, 0.2) is 48.8 Å². The highest BCUT2D eigenvalue weighted by atomic mass is 16.5. The van der Waals surface area contributed by atoms with Crippen molar-refractivity contribution in [1.29, 1.82) is 0 Å². The monoisotopic (exact) mass is 511 g/mol. The number of amides is 4. The van der Waals surface area contributed by atoms with Gasteiger partial charge in [0.2, 0.25) is 5.91 Å². The highest BCUT2D eigenvalue weighted by Crippen LogP contribution is 2.16. The van der Waals surface area contributed by atoms with Gasteiger partial charge in [0, 0.05) is 37.9 Å². The number of pyridine rings is 1. The van der Waals surface area contributed by atoms with Gasteiger partial charge in [0.1, 0.15) is 17.8 Å². The van der Waals surface area contributed by atoms with Crippen molar-refractivity contribution in [2.75, 3.05) is 33.9 Å². The molecule has 1 aromatic carbocycles. The Morgan fingerprint density at radius 1 is 1.05 bits per heavy atom. The number of rotatable bonds is 8. The number of aromatic nitrogens is 1. The molecule has 1 fully saturated rings. The number of ether oxygens (including phenoxy) is 2. The predicted octanol–water partition coefficient (Wildman–Crippen LogP) is 1.24. The number of esters is 1. The summed E-state index contributed by atoms with van der Waals surface area (Å²) in [5.74, 6) is -0.819. The molecule has 3 rings (SSSR count). The molecule has 0 radical (unpaired) electrons. The molecule has 0 saturated carbocycles. The number of urea groups is 1. The summed E-state index contributed by atoms with van der Waals surface area (Å²) in [4.78, 5) is 58.9. The Bertz CT molecular complexity index is 1090. The number of carbonyl (C=O) groups is 4. The quantitative estimate of drug-likeness (QED) is 0.510. The second-order valence-corrected chi connectivity index (χ2v) is 8.94. The molecule has 198 valence electrons. The fraction of sp³-hybridized carbons (Fsp3) is 0.423. The van der Waals surface area contributed by atoms with Crippen molar-refractivity contribution in [3.05, 3.63) is 59.9 Å². The van der Waals surface area contributed by atoms with Gasteiger partial charge in [-0.2, -0.15) is 0 Å². The molecule has 2 aromatic rings. The van der Waals surface area contributed by atoms with Crippen LogP contribution < -0.4 is 15.4 Å². The Hall–Kier alpha value is -4.15. The van der Waals surface area contributed by atoms with Gasteiger partial charge in [0.25, 0.3) is 5.91 Å². The lowest BCUT2D eigenvalue weighted by molar-refractivity contribution is -0.145. The molecule has 2 N–H and O–H groups in total. The summed E-state index contributed by atoms with van der Waals surface area (Å²) in [6, 6.07) is 7.81. The Balaban J connectivity index is 1.81. The lowest BCUT2D eigenvalue weighted by Gasteiger charge is -2.41. The highest BCUT2D eigenvalue weighted by molar-refractivity contribution is 5.96. The second kappa shape index (κ2) is 12.7. The molecule has 11 heteroatoms. The molecule has 1 aliphatic heterocycles. The molecule has 1 aromatic heterocycles. The van der Waals surface area contributed by atoms with Gasteiger partial charge < -0.3 is 29.9 Å². The van der Waals surface area contributed by atoms with E-state index in [2.05, 4.69) is 15.6 Å². The smallest absolute Gasteiger partial charge is 0.328 e. The Morgan fingerprint density at radius 3 is 2.38 bits per heavy atom. The minimum absolute atomic E-state index is 0.0402. The van der Waals surface area contributed by atoms with Gasteiger partial charge in [-0.05, 0) is 43.7 Å². The number of hydrogen-bond acceptors (Lipinski definition) is 7. The first-order chi connectivity index (χ1) is 17.7. The van der Waals surface area contributed by atoms with Gasteiger partial charge in [-0.15, -0.1) is 0 Å². The van der Waals surface area contributed by atoms with E-state index in [0.717, 1.165) is 5.56 Å².